The van der Waals surface area contributed by atoms with E-state index in [4.69, 9.17) is 4.74 Å². The van der Waals surface area contributed by atoms with Gasteiger partial charge in [0.1, 0.15) is 17.4 Å². The normalized spacial score (nSPS) is 10.3. The van der Waals surface area contributed by atoms with Crippen LogP contribution in [0.1, 0.15) is 26.6 Å². The molecule has 2 aromatic rings. The van der Waals surface area contributed by atoms with E-state index in [9.17, 15) is 0 Å². The van der Waals surface area contributed by atoms with Gasteiger partial charge in [0.2, 0.25) is 0 Å². The van der Waals surface area contributed by atoms with Crippen LogP contribution in [-0.4, -0.2) is 23.1 Å². The molecule has 0 fully saturated rings. The molecule has 20 heavy (non-hydrogen) atoms. The van der Waals surface area contributed by atoms with E-state index in [-0.39, 0.29) is 0 Å². The van der Waals surface area contributed by atoms with Gasteiger partial charge in [-0.05, 0) is 26.0 Å². The van der Waals surface area contributed by atoms with Crippen LogP contribution < -0.4 is 10.1 Å². The van der Waals surface area contributed by atoms with E-state index in [0.29, 0.717) is 6.61 Å². The molecule has 0 amide bonds. The monoisotopic (exact) mass is 271 g/mol. The first-order chi connectivity index (χ1) is 9.78. The average molecular weight is 271 g/mol. The smallest absolute Gasteiger partial charge is 0.131 e. The summed E-state index contributed by atoms with van der Waals surface area (Å²) in [4.78, 5) is 9.10. The maximum Gasteiger partial charge on any atom is 0.131 e. The number of hydrogen-bond donors (Lipinski definition) is 1. The summed E-state index contributed by atoms with van der Waals surface area (Å²) in [6, 6.07) is 9.95. The number of nitrogens with one attached hydrogen (secondary N) is 1. The van der Waals surface area contributed by atoms with Crippen molar-refractivity contribution < 1.29 is 4.74 Å². The number of aromatic nitrogens is 2. The zero-order valence-electron chi connectivity index (χ0n) is 12.3. The number of rotatable bonds is 6. The summed E-state index contributed by atoms with van der Waals surface area (Å²) >= 11 is 0. The topological polar surface area (TPSA) is 47.0 Å². The molecule has 0 spiro atoms. The Hall–Kier alpha value is -2.10. The Kier molecular flexibility index (Phi) is 4.93. The first-order valence-electron chi connectivity index (χ1n) is 7.12. The molecule has 1 heterocycles. The minimum atomic E-state index is 0.642. The molecule has 1 aromatic carbocycles. The Morgan fingerprint density at radius 2 is 1.90 bits per heavy atom. The quantitative estimate of drug-likeness (QED) is 0.873. The molecule has 1 aromatic heterocycles. The Labute approximate surface area is 120 Å². The van der Waals surface area contributed by atoms with Gasteiger partial charge in [-0.1, -0.05) is 19.1 Å². The van der Waals surface area contributed by atoms with Crippen molar-refractivity contribution in [3.8, 4) is 17.0 Å². The van der Waals surface area contributed by atoms with E-state index >= 15 is 0 Å². The van der Waals surface area contributed by atoms with Gasteiger partial charge < -0.3 is 10.1 Å². The SMILES string of the molecule is CCNc1cc(-c2ccccc2OCC)nc(CC)n1. The lowest BCUT2D eigenvalue weighted by Gasteiger charge is -2.12. The molecule has 4 nitrogen and oxygen atoms in total. The third-order valence-electron chi connectivity index (χ3n) is 2.91. The van der Waals surface area contributed by atoms with Crippen molar-refractivity contribution in [3.63, 3.8) is 0 Å². The molecule has 0 saturated heterocycles. The van der Waals surface area contributed by atoms with Crippen LogP contribution in [0.15, 0.2) is 30.3 Å². The van der Waals surface area contributed by atoms with Gasteiger partial charge in [-0.3, -0.25) is 0 Å². The van der Waals surface area contributed by atoms with Crippen molar-refractivity contribution in [2.75, 3.05) is 18.5 Å². The number of nitrogens with zero attached hydrogens (tertiary/aromatic N) is 2. The van der Waals surface area contributed by atoms with E-state index in [1.54, 1.807) is 0 Å². The molecule has 0 bridgehead atoms. The fraction of sp³-hybridized carbons (Fsp3) is 0.375. The van der Waals surface area contributed by atoms with Gasteiger partial charge in [-0.25, -0.2) is 9.97 Å². The van der Waals surface area contributed by atoms with E-state index < -0.39 is 0 Å². The highest BCUT2D eigenvalue weighted by Gasteiger charge is 2.10. The van der Waals surface area contributed by atoms with Crippen molar-refractivity contribution >= 4 is 5.82 Å². The first-order valence-corrected chi connectivity index (χ1v) is 7.12. The van der Waals surface area contributed by atoms with Crippen LogP contribution in [-0.2, 0) is 6.42 Å². The molecular weight excluding hydrogens is 250 g/mol. The van der Waals surface area contributed by atoms with Crippen LogP contribution in [0.2, 0.25) is 0 Å². The lowest BCUT2D eigenvalue weighted by molar-refractivity contribution is 0.341. The second kappa shape index (κ2) is 6.89. The number of benzene rings is 1. The molecular formula is C16H21N3O. The van der Waals surface area contributed by atoms with Gasteiger partial charge in [0.25, 0.3) is 0 Å². The highest BCUT2D eigenvalue weighted by atomic mass is 16.5. The van der Waals surface area contributed by atoms with Crippen molar-refractivity contribution in [2.45, 2.75) is 27.2 Å². The Balaban J connectivity index is 2.48. The van der Waals surface area contributed by atoms with Crippen molar-refractivity contribution in [3.05, 3.63) is 36.2 Å². The summed E-state index contributed by atoms with van der Waals surface area (Å²) in [5.74, 6) is 2.56. The van der Waals surface area contributed by atoms with Gasteiger partial charge in [0.05, 0.1) is 12.3 Å². The molecule has 0 aliphatic carbocycles. The molecule has 1 N–H and O–H groups in total. The predicted molar refractivity (Wildman–Crippen MR) is 82.2 cm³/mol. The maximum atomic E-state index is 5.68. The third-order valence-corrected chi connectivity index (χ3v) is 2.91. The summed E-state index contributed by atoms with van der Waals surface area (Å²) in [6.07, 6.45) is 0.809. The number of hydrogen-bond acceptors (Lipinski definition) is 4. The summed E-state index contributed by atoms with van der Waals surface area (Å²) in [5, 5.41) is 3.25. The van der Waals surface area contributed by atoms with E-state index in [1.807, 2.05) is 37.3 Å². The second-order valence-corrected chi connectivity index (χ2v) is 4.37. The van der Waals surface area contributed by atoms with Gasteiger partial charge in [-0.2, -0.15) is 0 Å². The van der Waals surface area contributed by atoms with Crippen molar-refractivity contribution in [1.29, 1.82) is 0 Å². The molecule has 0 aliphatic rings. The molecule has 0 saturated carbocycles. The fourth-order valence-corrected chi connectivity index (χ4v) is 2.02. The van der Waals surface area contributed by atoms with Crippen LogP contribution in [0, 0.1) is 0 Å². The third kappa shape index (κ3) is 3.26. The fourth-order valence-electron chi connectivity index (χ4n) is 2.02. The summed E-state index contributed by atoms with van der Waals surface area (Å²) < 4.78 is 5.68. The zero-order chi connectivity index (χ0) is 14.4. The van der Waals surface area contributed by atoms with Gasteiger partial charge in [-0.15, -0.1) is 0 Å². The molecule has 106 valence electrons. The van der Waals surface area contributed by atoms with Crippen LogP contribution in [0.4, 0.5) is 5.82 Å². The number of para-hydroxylation sites is 1. The zero-order valence-corrected chi connectivity index (χ0v) is 12.3. The summed E-state index contributed by atoms with van der Waals surface area (Å²) in [7, 11) is 0. The van der Waals surface area contributed by atoms with Crippen LogP contribution >= 0.6 is 0 Å². The highest BCUT2D eigenvalue weighted by Crippen LogP contribution is 2.29. The van der Waals surface area contributed by atoms with Crippen LogP contribution in [0.5, 0.6) is 5.75 Å². The Morgan fingerprint density at radius 3 is 2.60 bits per heavy atom. The standard InChI is InChI=1S/C16H21N3O/c1-4-15-18-13(11-16(19-15)17-5-2)12-9-7-8-10-14(12)20-6-3/h7-11H,4-6H2,1-3H3,(H,17,18,19). The largest absolute Gasteiger partial charge is 0.493 e. The van der Waals surface area contributed by atoms with Gasteiger partial charge >= 0.3 is 0 Å². The maximum absolute atomic E-state index is 5.68. The molecule has 4 heteroatoms. The van der Waals surface area contributed by atoms with Gasteiger partial charge in [0.15, 0.2) is 0 Å². The molecule has 0 unspecified atom stereocenters. The van der Waals surface area contributed by atoms with Crippen molar-refractivity contribution in [1.82, 2.24) is 9.97 Å². The van der Waals surface area contributed by atoms with E-state index in [2.05, 4.69) is 29.1 Å². The first kappa shape index (κ1) is 14.3. The number of ether oxygens (including phenoxy) is 1. The molecule has 0 atom stereocenters. The highest BCUT2D eigenvalue weighted by molar-refractivity contribution is 5.69. The number of aryl methyl sites for hydroxylation is 1. The second-order valence-electron chi connectivity index (χ2n) is 4.37. The van der Waals surface area contributed by atoms with E-state index in [1.165, 1.54) is 0 Å². The molecule has 0 aliphatic heterocycles. The Morgan fingerprint density at radius 1 is 1.10 bits per heavy atom. The summed E-state index contributed by atoms with van der Waals surface area (Å²) in [6.45, 7) is 7.58. The minimum Gasteiger partial charge on any atom is -0.493 e. The van der Waals surface area contributed by atoms with Crippen molar-refractivity contribution in [2.24, 2.45) is 0 Å². The van der Waals surface area contributed by atoms with Crippen LogP contribution in [0.25, 0.3) is 11.3 Å². The molecule has 2 rings (SSSR count). The van der Waals surface area contributed by atoms with Crippen LogP contribution in [0.3, 0.4) is 0 Å². The minimum absolute atomic E-state index is 0.642. The lowest BCUT2D eigenvalue weighted by Crippen LogP contribution is -2.04. The number of anilines is 1. The summed E-state index contributed by atoms with van der Waals surface area (Å²) in [5.41, 5.74) is 1.91. The average Bonchev–Trinajstić information content (AvgIpc) is 2.48. The van der Waals surface area contributed by atoms with Gasteiger partial charge in [0, 0.05) is 24.6 Å². The lowest BCUT2D eigenvalue weighted by atomic mass is 10.1. The predicted octanol–water partition coefficient (Wildman–Crippen LogP) is 3.54. The van der Waals surface area contributed by atoms with E-state index in [0.717, 1.165) is 41.6 Å². The molecule has 0 radical (unpaired) electrons. The Bertz CT molecular complexity index is 569.